The van der Waals surface area contributed by atoms with Gasteiger partial charge in [0, 0.05) is 45.7 Å². The lowest BCUT2D eigenvalue weighted by Crippen LogP contribution is -2.46. The van der Waals surface area contributed by atoms with Crippen LogP contribution in [0, 0.1) is 0 Å². The van der Waals surface area contributed by atoms with Crippen molar-refractivity contribution >= 4 is 17.7 Å². The van der Waals surface area contributed by atoms with Gasteiger partial charge in [0.1, 0.15) is 0 Å². The molecule has 24 heavy (non-hydrogen) atoms. The topological polar surface area (TPSA) is 73.0 Å². The van der Waals surface area contributed by atoms with Crippen LogP contribution < -0.4 is 5.32 Å². The van der Waals surface area contributed by atoms with E-state index in [9.17, 15) is 14.4 Å². The molecule has 2 heterocycles. The lowest BCUT2D eigenvalue weighted by molar-refractivity contribution is -0.141. The van der Waals surface area contributed by atoms with Crippen LogP contribution in [-0.2, 0) is 14.4 Å². The molecule has 2 aliphatic rings. The molecule has 7 heteroatoms. The van der Waals surface area contributed by atoms with Gasteiger partial charge in [-0.15, -0.1) is 6.58 Å². The quantitative estimate of drug-likeness (QED) is 0.684. The van der Waals surface area contributed by atoms with Crippen LogP contribution in [0.25, 0.3) is 0 Å². The van der Waals surface area contributed by atoms with Crippen molar-refractivity contribution in [2.75, 3.05) is 52.4 Å². The Kier molecular flexibility index (Phi) is 7.24. The lowest BCUT2D eigenvalue weighted by atomic mass is 10.1. The van der Waals surface area contributed by atoms with Crippen molar-refractivity contribution in [1.82, 2.24) is 20.0 Å². The summed E-state index contributed by atoms with van der Waals surface area (Å²) in [5.74, 6) is 0.0849. The van der Waals surface area contributed by atoms with Gasteiger partial charge in [0.2, 0.25) is 17.7 Å². The summed E-state index contributed by atoms with van der Waals surface area (Å²) in [5, 5.41) is 2.77. The van der Waals surface area contributed by atoms with Crippen molar-refractivity contribution in [2.24, 2.45) is 0 Å². The summed E-state index contributed by atoms with van der Waals surface area (Å²) in [6.07, 6.45) is 4.96. The van der Waals surface area contributed by atoms with Crippen LogP contribution in [0.2, 0.25) is 0 Å². The van der Waals surface area contributed by atoms with Crippen LogP contribution in [0.15, 0.2) is 12.7 Å². The standard InChI is InChI=1S/C17H28N4O3/c1-2-7-18-15(22)13-19-8-5-10-20(12-11-19)17(24)14-21-9-4-3-6-16(21)23/h2H,1,3-14H2,(H,18,22). The Morgan fingerprint density at radius 2 is 1.88 bits per heavy atom. The average molecular weight is 336 g/mol. The Bertz CT molecular complexity index is 480. The van der Waals surface area contributed by atoms with E-state index in [1.54, 1.807) is 11.0 Å². The highest BCUT2D eigenvalue weighted by atomic mass is 16.2. The van der Waals surface area contributed by atoms with Crippen LogP contribution in [0.4, 0.5) is 0 Å². The molecule has 1 N–H and O–H groups in total. The molecule has 2 rings (SSSR count). The molecule has 0 aromatic carbocycles. The molecule has 2 fully saturated rings. The molecule has 0 saturated carbocycles. The first-order chi connectivity index (χ1) is 11.6. The Morgan fingerprint density at radius 1 is 1.04 bits per heavy atom. The number of hydrogen-bond acceptors (Lipinski definition) is 4. The molecule has 7 nitrogen and oxygen atoms in total. The van der Waals surface area contributed by atoms with Gasteiger partial charge in [-0.1, -0.05) is 6.08 Å². The van der Waals surface area contributed by atoms with Crippen molar-refractivity contribution in [2.45, 2.75) is 25.7 Å². The van der Waals surface area contributed by atoms with Crippen molar-refractivity contribution < 1.29 is 14.4 Å². The number of hydrogen-bond donors (Lipinski definition) is 1. The third-order valence-corrected chi connectivity index (χ3v) is 4.50. The van der Waals surface area contributed by atoms with Crippen LogP contribution in [0.1, 0.15) is 25.7 Å². The van der Waals surface area contributed by atoms with E-state index in [0.29, 0.717) is 45.7 Å². The lowest BCUT2D eigenvalue weighted by Gasteiger charge is -2.29. The van der Waals surface area contributed by atoms with Crippen LogP contribution in [0.3, 0.4) is 0 Å². The van der Waals surface area contributed by atoms with E-state index in [1.807, 2.05) is 4.90 Å². The number of amides is 3. The fourth-order valence-corrected chi connectivity index (χ4v) is 3.12. The van der Waals surface area contributed by atoms with E-state index in [1.165, 1.54) is 0 Å². The molecule has 0 unspecified atom stereocenters. The fraction of sp³-hybridized carbons (Fsp3) is 0.706. The molecule has 0 atom stereocenters. The first-order valence-electron chi connectivity index (χ1n) is 8.75. The van der Waals surface area contributed by atoms with Gasteiger partial charge >= 0.3 is 0 Å². The Balaban J connectivity index is 1.77. The third kappa shape index (κ3) is 5.63. The molecular weight excluding hydrogens is 308 g/mol. The van der Waals surface area contributed by atoms with Gasteiger partial charge < -0.3 is 15.1 Å². The SMILES string of the molecule is C=CCNC(=O)CN1CCCN(C(=O)CN2CCCCC2=O)CC1. The average Bonchev–Trinajstić information content (AvgIpc) is 2.80. The van der Waals surface area contributed by atoms with Gasteiger partial charge in [-0.05, 0) is 19.3 Å². The molecule has 0 radical (unpaired) electrons. The summed E-state index contributed by atoms with van der Waals surface area (Å²) in [7, 11) is 0. The molecule has 2 aliphatic heterocycles. The minimum Gasteiger partial charge on any atom is -0.352 e. The molecule has 0 aromatic heterocycles. The predicted molar refractivity (Wildman–Crippen MR) is 91.3 cm³/mol. The number of nitrogens with zero attached hydrogens (tertiary/aromatic N) is 3. The van der Waals surface area contributed by atoms with E-state index in [4.69, 9.17) is 0 Å². The highest BCUT2D eigenvalue weighted by Crippen LogP contribution is 2.11. The zero-order valence-corrected chi connectivity index (χ0v) is 14.3. The molecule has 0 aromatic rings. The first-order valence-corrected chi connectivity index (χ1v) is 8.75. The third-order valence-electron chi connectivity index (χ3n) is 4.50. The summed E-state index contributed by atoms with van der Waals surface area (Å²) in [6, 6.07) is 0. The van der Waals surface area contributed by atoms with Gasteiger partial charge in [0.15, 0.2) is 0 Å². The van der Waals surface area contributed by atoms with E-state index in [-0.39, 0.29) is 24.3 Å². The molecule has 2 saturated heterocycles. The summed E-state index contributed by atoms with van der Waals surface area (Å²) < 4.78 is 0. The number of carbonyl (C=O) groups is 3. The second-order valence-corrected chi connectivity index (χ2v) is 6.38. The van der Waals surface area contributed by atoms with E-state index in [2.05, 4.69) is 16.8 Å². The predicted octanol–water partition coefficient (Wildman–Crippen LogP) is -0.165. The van der Waals surface area contributed by atoms with Gasteiger partial charge in [0.25, 0.3) is 0 Å². The smallest absolute Gasteiger partial charge is 0.242 e. The van der Waals surface area contributed by atoms with Crippen molar-refractivity contribution in [3.63, 3.8) is 0 Å². The number of carbonyl (C=O) groups excluding carboxylic acids is 3. The zero-order valence-electron chi connectivity index (χ0n) is 14.3. The number of piperidine rings is 1. The van der Waals surface area contributed by atoms with Gasteiger partial charge in [0.05, 0.1) is 13.1 Å². The molecule has 0 aliphatic carbocycles. The Hall–Kier alpha value is -1.89. The molecule has 134 valence electrons. The fourth-order valence-electron chi connectivity index (χ4n) is 3.12. The minimum atomic E-state index is -0.0198. The molecule has 3 amide bonds. The maximum absolute atomic E-state index is 12.5. The van der Waals surface area contributed by atoms with E-state index in [0.717, 1.165) is 25.8 Å². The van der Waals surface area contributed by atoms with E-state index >= 15 is 0 Å². The molecular formula is C17H28N4O3. The van der Waals surface area contributed by atoms with Crippen molar-refractivity contribution in [3.8, 4) is 0 Å². The second-order valence-electron chi connectivity index (χ2n) is 6.38. The highest BCUT2D eigenvalue weighted by molar-refractivity contribution is 5.85. The monoisotopic (exact) mass is 336 g/mol. The molecule has 0 bridgehead atoms. The van der Waals surface area contributed by atoms with Crippen LogP contribution in [0.5, 0.6) is 0 Å². The van der Waals surface area contributed by atoms with Gasteiger partial charge in [-0.3, -0.25) is 19.3 Å². The van der Waals surface area contributed by atoms with Crippen LogP contribution >= 0.6 is 0 Å². The van der Waals surface area contributed by atoms with Gasteiger partial charge in [-0.2, -0.15) is 0 Å². The van der Waals surface area contributed by atoms with Gasteiger partial charge in [-0.25, -0.2) is 0 Å². The van der Waals surface area contributed by atoms with Crippen LogP contribution in [-0.4, -0.2) is 84.8 Å². The Morgan fingerprint density at radius 3 is 2.62 bits per heavy atom. The number of rotatable bonds is 6. The van der Waals surface area contributed by atoms with Crippen molar-refractivity contribution in [1.29, 1.82) is 0 Å². The second kappa shape index (κ2) is 9.42. The normalized spacial score (nSPS) is 19.8. The largest absolute Gasteiger partial charge is 0.352 e. The van der Waals surface area contributed by atoms with E-state index < -0.39 is 0 Å². The summed E-state index contributed by atoms with van der Waals surface area (Å²) >= 11 is 0. The first kappa shape index (κ1) is 18.4. The molecule has 0 spiro atoms. The number of likely N-dealkylation sites (tertiary alicyclic amines) is 1. The number of nitrogens with one attached hydrogen (secondary N) is 1. The summed E-state index contributed by atoms with van der Waals surface area (Å²) in [4.78, 5) is 41.6. The van der Waals surface area contributed by atoms with Crippen molar-refractivity contribution in [3.05, 3.63) is 12.7 Å². The summed E-state index contributed by atoms with van der Waals surface area (Å²) in [6.45, 7) is 8.05. The summed E-state index contributed by atoms with van der Waals surface area (Å²) in [5.41, 5.74) is 0. The zero-order chi connectivity index (χ0) is 17.4. The Labute approximate surface area is 143 Å². The maximum atomic E-state index is 12.5. The maximum Gasteiger partial charge on any atom is 0.242 e. The highest BCUT2D eigenvalue weighted by Gasteiger charge is 2.25. The minimum absolute atomic E-state index is 0.0169.